The van der Waals surface area contributed by atoms with E-state index in [1.54, 1.807) is 50.7 Å². The van der Waals surface area contributed by atoms with E-state index in [1.807, 2.05) is 24.3 Å². The lowest BCUT2D eigenvalue weighted by Gasteiger charge is -2.13. The number of nitrogens with zero attached hydrogens (tertiary/aromatic N) is 1. The molecule has 150 valence electrons. The van der Waals surface area contributed by atoms with Crippen molar-refractivity contribution in [1.82, 2.24) is 4.98 Å². The van der Waals surface area contributed by atoms with Gasteiger partial charge in [-0.25, -0.2) is 0 Å². The van der Waals surface area contributed by atoms with Crippen LogP contribution in [0.2, 0.25) is 0 Å². The van der Waals surface area contributed by atoms with E-state index < -0.39 is 0 Å². The van der Waals surface area contributed by atoms with Crippen molar-refractivity contribution in [2.24, 2.45) is 0 Å². The molecule has 0 fully saturated rings. The Balaban J connectivity index is 1.73. The van der Waals surface area contributed by atoms with Gasteiger partial charge in [-0.2, -0.15) is 0 Å². The average molecular weight is 393 g/mol. The zero-order valence-corrected chi connectivity index (χ0v) is 16.6. The molecule has 0 spiro atoms. The highest BCUT2D eigenvalue weighted by Crippen LogP contribution is 2.29. The lowest BCUT2D eigenvalue weighted by atomic mass is 10.2. The number of anilines is 2. The first-order chi connectivity index (χ1) is 14.1. The molecule has 2 aromatic carbocycles. The van der Waals surface area contributed by atoms with Gasteiger partial charge in [-0.05, 0) is 30.3 Å². The third-order valence-corrected chi connectivity index (χ3v) is 4.32. The van der Waals surface area contributed by atoms with Gasteiger partial charge in [-0.15, -0.1) is 0 Å². The number of aromatic nitrogens is 1. The van der Waals surface area contributed by atoms with E-state index in [0.29, 0.717) is 23.7 Å². The highest BCUT2D eigenvalue weighted by Gasteiger charge is 2.13. The predicted molar refractivity (Wildman–Crippen MR) is 112 cm³/mol. The predicted octanol–water partition coefficient (Wildman–Crippen LogP) is 3.97. The van der Waals surface area contributed by atoms with Gasteiger partial charge in [0, 0.05) is 30.1 Å². The van der Waals surface area contributed by atoms with Crippen LogP contribution in [0.25, 0.3) is 0 Å². The van der Waals surface area contributed by atoms with Gasteiger partial charge in [0.2, 0.25) is 0 Å². The van der Waals surface area contributed by atoms with E-state index in [4.69, 9.17) is 14.2 Å². The SMILES string of the molecule is COc1ccc(OC)c(NC(=O)c2cc(NCc3ccccc3OC)ccn2)c1. The number of carbonyl (C=O) groups excluding carboxylic acids is 1. The Labute approximate surface area is 169 Å². The molecule has 1 aromatic heterocycles. The largest absolute Gasteiger partial charge is 0.497 e. The zero-order chi connectivity index (χ0) is 20.6. The number of benzene rings is 2. The van der Waals surface area contributed by atoms with Crippen molar-refractivity contribution in [3.63, 3.8) is 0 Å². The summed E-state index contributed by atoms with van der Waals surface area (Å²) in [5, 5.41) is 6.11. The molecule has 3 aromatic rings. The van der Waals surface area contributed by atoms with Crippen LogP contribution in [0.4, 0.5) is 11.4 Å². The maximum absolute atomic E-state index is 12.7. The molecule has 0 radical (unpaired) electrons. The molecule has 0 unspecified atom stereocenters. The van der Waals surface area contributed by atoms with Crippen LogP contribution in [-0.2, 0) is 6.54 Å². The summed E-state index contributed by atoms with van der Waals surface area (Å²) in [4.78, 5) is 16.9. The Hall–Kier alpha value is -3.74. The van der Waals surface area contributed by atoms with E-state index in [1.165, 1.54) is 7.11 Å². The Bertz CT molecular complexity index is 991. The fourth-order valence-corrected chi connectivity index (χ4v) is 2.81. The Morgan fingerprint density at radius 3 is 2.48 bits per heavy atom. The second-order valence-corrected chi connectivity index (χ2v) is 6.12. The third kappa shape index (κ3) is 4.95. The number of hydrogen-bond acceptors (Lipinski definition) is 6. The highest BCUT2D eigenvalue weighted by molar-refractivity contribution is 6.04. The number of amides is 1. The number of hydrogen-bond donors (Lipinski definition) is 2. The molecule has 2 N–H and O–H groups in total. The number of rotatable bonds is 8. The van der Waals surface area contributed by atoms with Crippen molar-refractivity contribution in [3.05, 3.63) is 72.1 Å². The minimum absolute atomic E-state index is 0.278. The van der Waals surface area contributed by atoms with E-state index >= 15 is 0 Å². The average Bonchev–Trinajstić information content (AvgIpc) is 2.77. The minimum atomic E-state index is -0.350. The molecular weight excluding hydrogens is 370 g/mol. The number of methoxy groups -OCH3 is 3. The summed E-state index contributed by atoms with van der Waals surface area (Å²) >= 11 is 0. The number of ether oxygens (including phenoxy) is 3. The normalized spacial score (nSPS) is 10.2. The first-order valence-corrected chi connectivity index (χ1v) is 8.99. The minimum Gasteiger partial charge on any atom is -0.497 e. The topological polar surface area (TPSA) is 81.7 Å². The molecule has 0 aliphatic heterocycles. The molecule has 0 atom stereocenters. The van der Waals surface area contributed by atoms with E-state index in [-0.39, 0.29) is 11.6 Å². The van der Waals surface area contributed by atoms with E-state index in [0.717, 1.165) is 17.0 Å². The second-order valence-electron chi connectivity index (χ2n) is 6.12. The number of para-hydroxylation sites is 1. The Morgan fingerprint density at radius 2 is 1.72 bits per heavy atom. The Kier molecular flexibility index (Phi) is 6.52. The van der Waals surface area contributed by atoms with Crippen LogP contribution in [0.3, 0.4) is 0 Å². The van der Waals surface area contributed by atoms with Gasteiger partial charge in [-0.3, -0.25) is 9.78 Å². The van der Waals surface area contributed by atoms with Gasteiger partial charge in [0.15, 0.2) is 0 Å². The first-order valence-electron chi connectivity index (χ1n) is 8.99. The van der Waals surface area contributed by atoms with Crippen LogP contribution in [0, 0.1) is 0 Å². The van der Waals surface area contributed by atoms with Gasteiger partial charge >= 0.3 is 0 Å². The monoisotopic (exact) mass is 393 g/mol. The molecule has 1 heterocycles. The summed E-state index contributed by atoms with van der Waals surface area (Å²) in [7, 11) is 4.74. The summed E-state index contributed by atoms with van der Waals surface area (Å²) in [6, 6.07) is 16.4. The summed E-state index contributed by atoms with van der Waals surface area (Å²) in [5.41, 5.74) is 2.57. The first kappa shape index (κ1) is 20.0. The maximum Gasteiger partial charge on any atom is 0.274 e. The van der Waals surface area contributed by atoms with Crippen molar-refractivity contribution >= 4 is 17.3 Å². The molecule has 0 saturated carbocycles. The molecule has 7 heteroatoms. The second kappa shape index (κ2) is 9.45. The van der Waals surface area contributed by atoms with Crippen molar-refractivity contribution in [2.45, 2.75) is 6.54 Å². The van der Waals surface area contributed by atoms with Gasteiger partial charge in [0.25, 0.3) is 5.91 Å². The lowest BCUT2D eigenvalue weighted by molar-refractivity contribution is 0.102. The highest BCUT2D eigenvalue weighted by atomic mass is 16.5. The van der Waals surface area contributed by atoms with Gasteiger partial charge in [-0.1, -0.05) is 18.2 Å². The van der Waals surface area contributed by atoms with Crippen LogP contribution >= 0.6 is 0 Å². The van der Waals surface area contributed by atoms with Crippen molar-refractivity contribution in [2.75, 3.05) is 32.0 Å². The van der Waals surface area contributed by atoms with Crippen LogP contribution in [-0.4, -0.2) is 32.2 Å². The fourth-order valence-electron chi connectivity index (χ4n) is 2.81. The molecule has 29 heavy (non-hydrogen) atoms. The maximum atomic E-state index is 12.7. The number of nitrogens with one attached hydrogen (secondary N) is 2. The van der Waals surface area contributed by atoms with Crippen LogP contribution in [0.15, 0.2) is 60.8 Å². The zero-order valence-electron chi connectivity index (χ0n) is 16.6. The van der Waals surface area contributed by atoms with Crippen molar-refractivity contribution < 1.29 is 19.0 Å². The summed E-state index contributed by atoms with van der Waals surface area (Å²) in [6.07, 6.45) is 1.59. The van der Waals surface area contributed by atoms with Crippen molar-refractivity contribution in [3.8, 4) is 17.2 Å². The quantitative estimate of drug-likeness (QED) is 0.603. The van der Waals surface area contributed by atoms with Crippen molar-refractivity contribution in [1.29, 1.82) is 0 Å². The lowest BCUT2D eigenvalue weighted by Crippen LogP contribution is -2.15. The van der Waals surface area contributed by atoms with Crippen LogP contribution in [0.1, 0.15) is 16.1 Å². The molecule has 0 aliphatic carbocycles. The smallest absolute Gasteiger partial charge is 0.274 e. The summed E-state index contributed by atoms with van der Waals surface area (Å²) in [6.45, 7) is 0.554. The van der Waals surface area contributed by atoms with Gasteiger partial charge in [0.05, 0.1) is 27.0 Å². The molecule has 0 aliphatic rings. The van der Waals surface area contributed by atoms with Gasteiger partial charge in [0.1, 0.15) is 22.9 Å². The van der Waals surface area contributed by atoms with E-state index in [9.17, 15) is 4.79 Å². The van der Waals surface area contributed by atoms with Crippen LogP contribution < -0.4 is 24.8 Å². The van der Waals surface area contributed by atoms with E-state index in [2.05, 4.69) is 15.6 Å². The summed E-state index contributed by atoms with van der Waals surface area (Å²) < 4.78 is 15.9. The summed E-state index contributed by atoms with van der Waals surface area (Å²) in [5.74, 6) is 1.60. The fraction of sp³-hybridized carbons (Fsp3) is 0.182. The standard InChI is InChI=1S/C22H23N3O4/c1-27-17-8-9-21(29-3)18(13-17)25-22(26)19-12-16(10-11-23-19)24-14-15-6-4-5-7-20(15)28-2/h4-13H,14H2,1-3H3,(H,23,24)(H,25,26). The molecule has 1 amide bonds. The third-order valence-electron chi connectivity index (χ3n) is 4.32. The molecule has 3 rings (SSSR count). The van der Waals surface area contributed by atoms with Crippen LogP contribution in [0.5, 0.6) is 17.2 Å². The number of carbonyl (C=O) groups is 1. The van der Waals surface area contributed by atoms with Gasteiger partial charge < -0.3 is 24.8 Å². The Morgan fingerprint density at radius 1 is 0.931 bits per heavy atom. The molecule has 0 saturated heterocycles. The molecular formula is C22H23N3O4. The number of pyridine rings is 1. The molecule has 7 nitrogen and oxygen atoms in total. The molecule has 0 bridgehead atoms.